The van der Waals surface area contributed by atoms with Crippen molar-refractivity contribution in [3.8, 4) is 5.75 Å². The van der Waals surface area contributed by atoms with Gasteiger partial charge in [0.05, 0.1) is 16.8 Å². The summed E-state index contributed by atoms with van der Waals surface area (Å²) in [5, 5.41) is 8.36. The minimum absolute atomic E-state index is 0.122. The molecular weight excluding hydrogens is 440 g/mol. The Hall–Kier alpha value is -3.61. The molecule has 0 spiro atoms. The molecule has 7 heteroatoms. The van der Waals surface area contributed by atoms with Crippen LogP contribution >= 0.6 is 0 Å². The average molecular weight is 471 g/mol. The zero-order valence-electron chi connectivity index (χ0n) is 20.2. The Balaban J connectivity index is 1.14. The van der Waals surface area contributed by atoms with Crippen molar-refractivity contribution in [1.29, 1.82) is 0 Å². The molecule has 2 saturated heterocycles. The van der Waals surface area contributed by atoms with Gasteiger partial charge in [0.1, 0.15) is 18.1 Å². The van der Waals surface area contributed by atoms with Gasteiger partial charge < -0.3 is 14.2 Å². The number of fused-ring (bicyclic) bond motifs is 3. The zero-order valence-corrected chi connectivity index (χ0v) is 20.2. The van der Waals surface area contributed by atoms with Gasteiger partial charge in [0.2, 0.25) is 0 Å². The van der Waals surface area contributed by atoms with Crippen LogP contribution in [0.25, 0.3) is 5.52 Å². The lowest BCUT2D eigenvalue weighted by atomic mass is 9.85. The Morgan fingerprint density at radius 1 is 1.11 bits per heavy atom. The quantitative estimate of drug-likeness (QED) is 0.390. The van der Waals surface area contributed by atoms with E-state index in [1.165, 1.54) is 11.1 Å². The first-order valence-corrected chi connectivity index (χ1v) is 12.5. The van der Waals surface area contributed by atoms with E-state index < -0.39 is 0 Å². The van der Waals surface area contributed by atoms with Crippen LogP contribution in [0.15, 0.2) is 59.4 Å². The average Bonchev–Trinajstić information content (AvgIpc) is 3.54. The maximum atomic E-state index is 13.6. The molecular formula is C28H30N4O3. The van der Waals surface area contributed by atoms with Crippen molar-refractivity contribution in [2.24, 2.45) is 5.92 Å². The van der Waals surface area contributed by atoms with Crippen LogP contribution in [0.5, 0.6) is 5.75 Å². The second-order valence-corrected chi connectivity index (χ2v) is 9.95. The second-order valence-electron chi connectivity index (χ2n) is 9.95. The molecule has 3 aromatic heterocycles. The normalized spacial score (nSPS) is 21.5. The predicted molar refractivity (Wildman–Crippen MR) is 131 cm³/mol. The van der Waals surface area contributed by atoms with Crippen molar-refractivity contribution in [2.45, 2.75) is 64.6 Å². The van der Waals surface area contributed by atoms with Crippen LogP contribution in [-0.2, 0) is 13.0 Å². The number of rotatable bonds is 6. The third kappa shape index (κ3) is 4.09. The smallest absolute Gasteiger partial charge is 0.254 e. The summed E-state index contributed by atoms with van der Waals surface area (Å²) in [7, 11) is 0. The molecule has 1 amide bonds. The van der Waals surface area contributed by atoms with Crippen molar-refractivity contribution < 1.29 is 14.1 Å². The van der Waals surface area contributed by atoms with Gasteiger partial charge in [-0.3, -0.25) is 4.79 Å². The van der Waals surface area contributed by atoms with Gasteiger partial charge >= 0.3 is 0 Å². The van der Waals surface area contributed by atoms with E-state index >= 15 is 0 Å². The number of ether oxygens (including phenoxy) is 1. The van der Waals surface area contributed by atoms with Crippen LogP contribution in [0.4, 0.5) is 0 Å². The van der Waals surface area contributed by atoms with Gasteiger partial charge in [-0.2, -0.15) is 5.10 Å². The van der Waals surface area contributed by atoms with E-state index in [1.54, 1.807) is 0 Å². The van der Waals surface area contributed by atoms with Crippen LogP contribution in [-0.4, -0.2) is 37.7 Å². The Morgan fingerprint density at radius 2 is 1.94 bits per heavy atom. The van der Waals surface area contributed by atoms with Gasteiger partial charge in [0.15, 0.2) is 0 Å². The monoisotopic (exact) mass is 470 g/mol. The number of aryl methyl sites for hydroxylation is 2. The summed E-state index contributed by atoms with van der Waals surface area (Å²) in [5.41, 5.74) is 5.01. The van der Waals surface area contributed by atoms with E-state index in [4.69, 9.17) is 9.26 Å². The molecule has 1 aromatic carbocycles. The van der Waals surface area contributed by atoms with Gasteiger partial charge in [0, 0.05) is 30.0 Å². The molecule has 2 aliphatic heterocycles. The second kappa shape index (κ2) is 8.87. The first-order chi connectivity index (χ1) is 17.1. The van der Waals surface area contributed by atoms with Crippen LogP contribution < -0.4 is 4.74 Å². The maximum absolute atomic E-state index is 13.6. The van der Waals surface area contributed by atoms with E-state index in [0.29, 0.717) is 35.9 Å². The molecule has 35 heavy (non-hydrogen) atoms. The molecule has 2 fully saturated rings. The van der Waals surface area contributed by atoms with Gasteiger partial charge in [-0.1, -0.05) is 17.3 Å². The van der Waals surface area contributed by atoms with Gasteiger partial charge in [-0.25, -0.2) is 4.52 Å². The Morgan fingerprint density at radius 3 is 2.71 bits per heavy atom. The van der Waals surface area contributed by atoms with Gasteiger partial charge in [-0.05, 0) is 87.8 Å². The van der Waals surface area contributed by atoms with Crippen molar-refractivity contribution in [2.75, 3.05) is 0 Å². The fourth-order valence-corrected chi connectivity index (χ4v) is 6.02. The lowest BCUT2D eigenvalue weighted by molar-refractivity contribution is 0.0524. The first-order valence-electron chi connectivity index (χ1n) is 12.5. The zero-order chi connectivity index (χ0) is 23.9. The molecule has 6 rings (SSSR count). The van der Waals surface area contributed by atoms with Gasteiger partial charge in [-0.15, -0.1) is 0 Å². The highest BCUT2D eigenvalue weighted by molar-refractivity contribution is 5.95. The summed E-state index contributed by atoms with van der Waals surface area (Å²) in [6, 6.07) is 14.6. The number of benzene rings is 1. The minimum Gasteiger partial charge on any atom is -0.489 e. The number of amides is 1. The van der Waals surface area contributed by atoms with Crippen LogP contribution in [0.3, 0.4) is 0 Å². The molecule has 180 valence electrons. The number of aromatic nitrogens is 3. The summed E-state index contributed by atoms with van der Waals surface area (Å²) in [6.07, 6.45) is 9.18. The fraction of sp³-hybridized carbons (Fsp3) is 0.393. The molecule has 0 unspecified atom stereocenters. The molecule has 0 aliphatic carbocycles. The number of piperidine rings is 1. The number of hydrogen-bond donors (Lipinski definition) is 0. The summed E-state index contributed by atoms with van der Waals surface area (Å²) in [4.78, 5) is 15.7. The molecule has 4 aromatic rings. The van der Waals surface area contributed by atoms with Gasteiger partial charge in [0.25, 0.3) is 5.91 Å². The summed E-state index contributed by atoms with van der Waals surface area (Å²) in [6.45, 7) is 4.16. The number of nitrogens with zero attached hydrogens (tertiary/aromatic N) is 4. The first kappa shape index (κ1) is 21.9. The highest BCUT2D eigenvalue weighted by atomic mass is 16.5. The number of pyridine rings is 1. The van der Waals surface area contributed by atoms with Crippen LogP contribution in [0, 0.1) is 19.8 Å². The van der Waals surface area contributed by atoms with E-state index in [-0.39, 0.29) is 5.91 Å². The van der Waals surface area contributed by atoms with Crippen LogP contribution in [0.1, 0.15) is 58.6 Å². The third-order valence-corrected chi connectivity index (χ3v) is 7.74. The van der Waals surface area contributed by atoms with Crippen LogP contribution in [0.2, 0.25) is 0 Å². The summed E-state index contributed by atoms with van der Waals surface area (Å²) in [5.74, 6) is 2.16. The number of carbonyl (C=O) groups is 1. The van der Waals surface area contributed by atoms with E-state index in [0.717, 1.165) is 49.1 Å². The van der Waals surface area contributed by atoms with Crippen molar-refractivity contribution in [1.82, 2.24) is 19.7 Å². The van der Waals surface area contributed by atoms with E-state index in [1.807, 2.05) is 55.0 Å². The van der Waals surface area contributed by atoms with E-state index in [2.05, 4.69) is 33.4 Å². The topological polar surface area (TPSA) is 72.9 Å². The van der Waals surface area contributed by atoms with Crippen molar-refractivity contribution >= 4 is 11.4 Å². The molecule has 0 saturated carbocycles. The molecule has 7 nitrogen and oxygen atoms in total. The highest BCUT2D eigenvalue weighted by Crippen LogP contribution is 2.41. The van der Waals surface area contributed by atoms with Crippen molar-refractivity contribution in [3.05, 3.63) is 83.0 Å². The SMILES string of the molecule is Cc1noc(C)c1COc1cccc(C(=O)N2[C@H]3CC[C@H]2CC(Cc2cccn4nccc24)C3)c1. The Bertz CT molecular complexity index is 1340. The third-order valence-electron chi connectivity index (χ3n) is 7.74. The minimum atomic E-state index is 0.122. The highest BCUT2D eigenvalue weighted by Gasteiger charge is 2.43. The van der Waals surface area contributed by atoms with Crippen molar-refractivity contribution in [3.63, 3.8) is 0 Å². The Labute approximate surface area is 204 Å². The lowest BCUT2D eigenvalue weighted by Gasteiger charge is -2.39. The molecule has 2 aliphatic rings. The fourth-order valence-electron chi connectivity index (χ4n) is 6.02. The standard InChI is InChI=1S/C28H30N4O3/c1-18-26(19(2)35-30-18)17-34-25-7-3-5-22(16-25)28(33)32-23-8-9-24(32)15-20(14-23)13-21-6-4-12-31-27(21)10-11-29-31/h3-7,10-12,16,20,23-24H,8-9,13-15,17H2,1-2H3/t23-,24-/m0/s1. The number of carbonyl (C=O) groups excluding carboxylic acids is 1. The molecule has 0 N–H and O–H groups in total. The Kier molecular flexibility index (Phi) is 5.55. The molecule has 0 radical (unpaired) electrons. The van der Waals surface area contributed by atoms with E-state index in [9.17, 15) is 4.79 Å². The predicted octanol–water partition coefficient (Wildman–Crippen LogP) is 5.14. The lowest BCUT2D eigenvalue weighted by Crippen LogP contribution is -2.46. The molecule has 2 atom stereocenters. The molecule has 2 bridgehead atoms. The number of hydrogen-bond acceptors (Lipinski definition) is 5. The summed E-state index contributed by atoms with van der Waals surface area (Å²) < 4.78 is 13.2. The summed E-state index contributed by atoms with van der Waals surface area (Å²) >= 11 is 0. The molecule has 5 heterocycles. The largest absolute Gasteiger partial charge is 0.489 e. The maximum Gasteiger partial charge on any atom is 0.254 e.